The lowest BCUT2D eigenvalue weighted by molar-refractivity contribution is 0.535. The third kappa shape index (κ3) is 7.08. The van der Waals surface area contributed by atoms with E-state index in [1.165, 1.54) is 49.2 Å². The second-order valence-electron chi connectivity index (χ2n) is 6.92. The van der Waals surface area contributed by atoms with Gasteiger partial charge in [-0.3, -0.25) is 0 Å². The Hall–Kier alpha value is -2.37. The summed E-state index contributed by atoms with van der Waals surface area (Å²) in [7, 11) is 0. The van der Waals surface area contributed by atoms with Crippen LogP contribution < -0.4 is 10.6 Å². The van der Waals surface area contributed by atoms with Crippen LogP contribution in [0.1, 0.15) is 38.5 Å². The lowest BCUT2D eigenvalue weighted by Gasteiger charge is -2.18. The average Bonchev–Trinajstić information content (AvgIpc) is 3.03. The number of rotatable bonds is 6. The highest BCUT2D eigenvalue weighted by Crippen LogP contribution is 2.29. The quantitative estimate of drug-likeness (QED) is 0.232. The van der Waals surface area contributed by atoms with Crippen LogP contribution in [0.2, 0.25) is 0 Å². The molecule has 0 aromatic carbocycles. The molecule has 0 amide bonds. The number of nitrogens with zero attached hydrogens (tertiary/aromatic N) is 6. The minimum Gasteiger partial charge on any atom is -0.360 e. The van der Waals surface area contributed by atoms with Gasteiger partial charge in [0.1, 0.15) is 10.1 Å². The van der Waals surface area contributed by atoms with E-state index in [2.05, 4.69) is 40.5 Å². The molecular formula is C20H22N8S3. The fourth-order valence-electron chi connectivity index (χ4n) is 3.17. The summed E-state index contributed by atoms with van der Waals surface area (Å²) in [6.07, 6.45) is 14.1. The van der Waals surface area contributed by atoms with Crippen LogP contribution in [0, 0.1) is 0 Å². The van der Waals surface area contributed by atoms with Crippen molar-refractivity contribution in [2.75, 3.05) is 5.32 Å². The molecule has 0 saturated heterocycles. The SMILES string of the molecule is S=C(Nc1nc(Sc2ncccn2)cc(Sc2ncccn2)n1)NC1CCCCCC1. The Morgan fingerprint density at radius 2 is 1.32 bits per heavy atom. The van der Waals surface area contributed by atoms with Crippen molar-refractivity contribution >= 4 is 46.8 Å². The van der Waals surface area contributed by atoms with Crippen molar-refractivity contribution in [2.24, 2.45) is 0 Å². The van der Waals surface area contributed by atoms with Crippen LogP contribution in [0.5, 0.6) is 0 Å². The summed E-state index contributed by atoms with van der Waals surface area (Å²) >= 11 is 8.26. The minimum absolute atomic E-state index is 0.393. The smallest absolute Gasteiger partial charge is 0.231 e. The maximum atomic E-state index is 5.54. The average molecular weight is 471 g/mol. The van der Waals surface area contributed by atoms with Gasteiger partial charge in [0.15, 0.2) is 15.4 Å². The van der Waals surface area contributed by atoms with Crippen LogP contribution in [-0.2, 0) is 0 Å². The van der Waals surface area contributed by atoms with E-state index < -0.39 is 0 Å². The van der Waals surface area contributed by atoms with Gasteiger partial charge in [-0.1, -0.05) is 25.7 Å². The molecule has 160 valence electrons. The standard InChI is InChI=1S/C20H22N8S3/c29-18(25-14-7-3-1-2-4-8-14)28-17-26-15(30-19-21-9-5-10-22-19)13-16(27-17)31-20-23-11-6-12-24-20/h5-6,9-14H,1-4,7-8H2,(H2,25,26,27,28,29). The third-order valence-electron chi connectivity index (χ3n) is 4.57. The zero-order valence-electron chi connectivity index (χ0n) is 16.8. The normalized spacial score (nSPS) is 14.6. The van der Waals surface area contributed by atoms with E-state index >= 15 is 0 Å². The van der Waals surface area contributed by atoms with Gasteiger partial charge in [-0.2, -0.15) is 0 Å². The first-order valence-electron chi connectivity index (χ1n) is 10.1. The molecule has 1 fully saturated rings. The van der Waals surface area contributed by atoms with E-state index in [-0.39, 0.29) is 0 Å². The molecule has 3 aromatic heterocycles. The van der Waals surface area contributed by atoms with Crippen molar-refractivity contribution in [3.8, 4) is 0 Å². The number of aromatic nitrogens is 6. The van der Waals surface area contributed by atoms with Crippen molar-refractivity contribution < 1.29 is 0 Å². The molecule has 31 heavy (non-hydrogen) atoms. The molecule has 3 heterocycles. The Morgan fingerprint density at radius 3 is 1.84 bits per heavy atom. The molecule has 0 unspecified atom stereocenters. The second-order valence-corrected chi connectivity index (χ2v) is 9.31. The summed E-state index contributed by atoms with van der Waals surface area (Å²) in [6.45, 7) is 0. The summed E-state index contributed by atoms with van der Waals surface area (Å²) in [4.78, 5) is 26.3. The van der Waals surface area contributed by atoms with Crippen LogP contribution in [0.15, 0.2) is 63.4 Å². The fourth-order valence-corrected chi connectivity index (χ4v) is 4.94. The molecule has 0 radical (unpaired) electrons. The summed E-state index contributed by atoms with van der Waals surface area (Å²) in [5.41, 5.74) is 0. The van der Waals surface area contributed by atoms with Gasteiger partial charge in [-0.15, -0.1) is 0 Å². The monoisotopic (exact) mass is 470 g/mol. The van der Waals surface area contributed by atoms with Crippen LogP contribution in [0.4, 0.5) is 5.95 Å². The Morgan fingerprint density at radius 1 is 0.806 bits per heavy atom. The predicted octanol–water partition coefficient (Wildman–Crippen LogP) is 4.37. The zero-order chi connectivity index (χ0) is 21.3. The Bertz CT molecular complexity index is 922. The summed E-state index contributed by atoms with van der Waals surface area (Å²) < 4.78 is 0. The van der Waals surface area contributed by atoms with E-state index in [9.17, 15) is 0 Å². The number of nitrogens with one attached hydrogen (secondary N) is 2. The van der Waals surface area contributed by atoms with E-state index in [1.807, 2.05) is 6.07 Å². The van der Waals surface area contributed by atoms with Crippen molar-refractivity contribution in [1.82, 2.24) is 35.2 Å². The first kappa shape index (κ1) is 21.8. The summed E-state index contributed by atoms with van der Waals surface area (Å²) in [6, 6.07) is 5.82. The van der Waals surface area contributed by atoms with Gasteiger partial charge in [0.05, 0.1) is 0 Å². The van der Waals surface area contributed by atoms with Crippen LogP contribution >= 0.6 is 35.7 Å². The molecule has 3 aromatic rings. The van der Waals surface area contributed by atoms with E-state index in [4.69, 9.17) is 12.2 Å². The van der Waals surface area contributed by atoms with Crippen molar-refractivity contribution in [2.45, 2.75) is 64.9 Å². The van der Waals surface area contributed by atoms with Crippen LogP contribution in [-0.4, -0.2) is 41.1 Å². The number of anilines is 1. The predicted molar refractivity (Wildman–Crippen MR) is 125 cm³/mol. The highest BCUT2D eigenvalue weighted by molar-refractivity contribution is 7.99. The van der Waals surface area contributed by atoms with E-state index in [1.54, 1.807) is 36.9 Å². The lowest BCUT2D eigenvalue weighted by Crippen LogP contribution is -2.37. The number of thiocarbonyl (C=S) groups is 1. The van der Waals surface area contributed by atoms with Gasteiger partial charge in [-0.25, -0.2) is 29.9 Å². The molecule has 0 bridgehead atoms. The van der Waals surface area contributed by atoms with E-state index in [0.717, 1.165) is 12.8 Å². The molecule has 4 rings (SSSR count). The fraction of sp³-hybridized carbons (Fsp3) is 0.350. The van der Waals surface area contributed by atoms with Gasteiger partial charge in [-0.05, 0) is 60.7 Å². The molecule has 0 spiro atoms. The Labute approximate surface area is 194 Å². The zero-order valence-corrected chi connectivity index (χ0v) is 19.2. The molecular weight excluding hydrogens is 448 g/mol. The molecule has 11 heteroatoms. The first-order chi connectivity index (χ1) is 15.2. The van der Waals surface area contributed by atoms with E-state index in [0.29, 0.717) is 37.5 Å². The van der Waals surface area contributed by atoms with Gasteiger partial charge in [0, 0.05) is 36.9 Å². The minimum atomic E-state index is 0.393. The van der Waals surface area contributed by atoms with Gasteiger partial charge in [0.25, 0.3) is 0 Å². The summed E-state index contributed by atoms with van der Waals surface area (Å²) in [5, 5.41) is 9.75. The maximum Gasteiger partial charge on any atom is 0.231 e. The maximum absolute atomic E-state index is 5.54. The number of hydrogen-bond donors (Lipinski definition) is 2. The molecule has 1 aliphatic carbocycles. The topological polar surface area (TPSA) is 101 Å². The molecule has 0 atom stereocenters. The molecule has 1 saturated carbocycles. The van der Waals surface area contributed by atoms with Crippen molar-refractivity contribution in [1.29, 1.82) is 0 Å². The van der Waals surface area contributed by atoms with Crippen molar-refractivity contribution in [3.63, 3.8) is 0 Å². The van der Waals surface area contributed by atoms with Gasteiger partial charge in [0.2, 0.25) is 5.95 Å². The highest BCUT2D eigenvalue weighted by atomic mass is 32.2. The van der Waals surface area contributed by atoms with Gasteiger partial charge < -0.3 is 10.6 Å². The molecule has 8 nitrogen and oxygen atoms in total. The third-order valence-corrected chi connectivity index (χ3v) is 6.41. The molecule has 1 aliphatic rings. The van der Waals surface area contributed by atoms with Gasteiger partial charge >= 0.3 is 0 Å². The Balaban J connectivity index is 1.51. The van der Waals surface area contributed by atoms with Crippen molar-refractivity contribution in [3.05, 3.63) is 43.0 Å². The lowest BCUT2D eigenvalue weighted by atomic mass is 10.1. The Kier molecular flexibility index (Phi) is 7.97. The first-order valence-corrected chi connectivity index (χ1v) is 12.1. The second kappa shape index (κ2) is 11.3. The number of hydrogen-bond acceptors (Lipinski definition) is 9. The highest BCUT2D eigenvalue weighted by Gasteiger charge is 2.15. The molecule has 0 aliphatic heterocycles. The van der Waals surface area contributed by atoms with Crippen LogP contribution in [0.3, 0.4) is 0 Å². The summed E-state index contributed by atoms with van der Waals surface area (Å²) in [5.74, 6) is 0.422. The van der Waals surface area contributed by atoms with Crippen LogP contribution in [0.25, 0.3) is 0 Å². The largest absolute Gasteiger partial charge is 0.360 e. The molecule has 2 N–H and O–H groups in total.